The molecule has 0 atom stereocenters. The summed E-state index contributed by atoms with van der Waals surface area (Å²) in [5.74, 6) is 0.519. The molecule has 1 rings (SSSR count). The van der Waals surface area contributed by atoms with Crippen LogP contribution in [0.4, 0.5) is 0 Å². The largest absolute Gasteiger partial charge is 1.00 e. The third-order valence-electron chi connectivity index (χ3n) is 6.59. The van der Waals surface area contributed by atoms with Gasteiger partial charge >= 0.3 is 5.97 Å². The molecule has 0 fully saturated rings. The van der Waals surface area contributed by atoms with Crippen LogP contribution in [0.2, 0.25) is 0 Å². The molecule has 0 bridgehead atoms. The molecule has 0 heterocycles. The molecule has 0 aliphatic rings. The molecule has 0 amide bonds. The molecule has 1 aromatic rings. The summed E-state index contributed by atoms with van der Waals surface area (Å²) >= 11 is 0. The summed E-state index contributed by atoms with van der Waals surface area (Å²) in [5.41, 5.74) is 0.951. The fourth-order valence-corrected chi connectivity index (χ4v) is 4.17. The van der Waals surface area contributed by atoms with Gasteiger partial charge in [0, 0.05) is 6.08 Å². The van der Waals surface area contributed by atoms with E-state index in [-0.39, 0.29) is 23.0 Å². The van der Waals surface area contributed by atoms with Crippen LogP contribution < -0.4 is 21.7 Å². The maximum absolute atomic E-state index is 12.0. The summed E-state index contributed by atoms with van der Waals surface area (Å²) in [5, 5.41) is 0. The maximum atomic E-state index is 12.0. The maximum Gasteiger partial charge on any atom is 0.330 e. The highest BCUT2D eigenvalue weighted by molar-refractivity contribution is 5.87. The lowest BCUT2D eigenvalue weighted by molar-refractivity contribution is -0.890. The summed E-state index contributed by atoms with van der Waals surface area (Å²) in [6.45, 7) is 4.72. The molecular formula is C30H52BrNO3. The second-order valence-corrected chi connectivity index (χ2v) is 10.3. The van der Waals surface area contributed by atoms with Gasteiger partial charge < -0.3 is 30.9 Å². The number of likely N-dealkylation sites (N-methyl/N-ethyl adjacent to an activating group) is 1. The number of rotatable bonds is 21. The van der Waals surface area contributed by atoms with Crippen molar-refractivity contribution in [1.29, 1.82) is 0 Å². The zero-order valence-electron chi connectivity index (χ0n) is 23.0. The first-order valence-electron chi connectivity index (χ1n) is 13.8. The van der Waals surface area contributed by atoms with Crippen LogP contribution >= 0.6 is 0 Å². The van der Waals surface area contributed by atoms with Crippen LogP contribution in [0, 0.1) is 0 Å². The predicted molar refractivity (Wildman–Crippen MR) is 145 cm³/mol. The number of carbonyl (C=O) groups excluding carboxylic acids is 1. The first-order valence-corrected chi connectivity index (χ1v) is 13.8. The van der Waals surface area contributed by atoms with Crippen LogP contribution in [0.3, 0.4) is 0 Å². The first-order chi connectivity index (χ1) is 16.5. The number of hydrogen-bond donors (Lipinski definition) is 0. The summed E-state index contributed by atoms with van der Waals surface area (Å²) in [4.78, 5) is 12.0. The molecule has 0 aromatic heterocycles. The Kier molecular flexibility index (Phi) is 21.1. The third-order valence-corrected chi connectivity index (χ3v) is 6.59. The lowest BCUT2D eigenvalue weighted by Crippen LogP contribution is -3.00. The van der Waals surface area contributed by atoms with Crippen molar-refractivity contribution < 1.29 is 35.7 Å². The highest BCUT2D eigenvalue weighted by Crippen LogP contribution is 2.14. The molecule has 0 unspecified atom stereocenters. The van der Waals surface area contributed by atoms with Gasteiger partial charge in [0.25, 0.3) is 0 Å². The van der Waals surface area contributed by atoms with E-state index in [4.69, 9.17) is 9.47 Å². The Morgan fingerprint density at radius 2 is 1.26 bits per heavy atom. The van der Waals surface area contributed by atoms with Crippen molar-refractivity contribution in [3.8, 4) is 5.75 Å². The molecule has 0 spiro atoms. The van der Waals surface area contributed by atoms with Crippen LogP contribution in [0.15, 0.2) is 30.3 Å². The quantitative estimate of drug-likeness (QED) is 0.0947. The Balaban J connectivity index is 0.0000116. The van der Waals surface area contributed by atoms with Crippen molar-refractivity contribution in [2.45, 2.75) is 96.8 Å². The number of ether oxygens (including phenoxy) is 2. The standard InChI is InChI=1S/C30H52NO3.BrH/c1-5-6-7-8-9-10-11-12-13-14-15-16-17-18-25-31(2,3)26-27-34-30(32)24-21-28-19-22-29(33-4)23-20-28;/h19-24H,5-18,25-27H2,1-4H3;1H/q+1;/p-1. The average Bonchev–Trinajstić information content (AvgIpc) is 2.83. The fraction of sp³-hybridized carbons (Fsp3) is 0.700. The van der Waals surface area contributed by atoms with Gasteiger partial charge in [0.1, 0.15) is 18.9 Å². The van der Waals surface area contributed by atoms with E-state index in [1.807, 2.05) is 24.3 Å². The van der Waals surface area contributed by atoms with Crippen LogP contribution in [0.25, 0.3) is 6.08 Å². The number of methoxy groups -OCH3 is 1. The normalized spacial score (nSPS) is 11.4. The number of halogens is 1. The number of hydrogen-bond acceptors (Lipinski definition) is 3. The fourth-order valence-electron chi connectivity index (χ4n) is 4.17. The number of unbranched alkanes of at least 4 members (excludes halogenated alkanes) is 13. The van der Waals surface area contributed by atoms with Crippen molar-refractivity contribution in [3.63, 3.8) is 0 Å². The number of benzene rings is 1. The van der Waals surface area contributed by atoms with Crippen LogP contribution in [-0.2, 0) is 9.53 Å². The Morgan fingerprint density at radius 1 is 0.771 bits per heavy atom. The molecule has 0 aliphatic heterocycles. The Morgan fingerprint density at radius 3 is 1.74 bits per heavy atom. The van der Waals surface area contributed by atoms with Crippen molar-refractivity contribution in [1.82, 2.24) is 0 Å². The van der Waals surface area contributed by atoms with Crippen molar-refractivity contribution in [2.24, 2.45) is 0 Å². The van der Waals surface area contributed by atoms with E-state index in [0.717, 1.165) is 28.9 Å². The van der Waals surface area contributed by atoms with E-state index in [9.17, 15) is 4.79 Å². The van der Waals surface area contributed by atoms with E-state index < -0.39 is 0 Å². The minimum atomic E-state index is -0.285. The van der Waals surface area contributed by atoms with Crippen LogP contribution in [-0.4, -0.2) is 51.4 Å². The third kappa shape index (κ3) is 19.5. The van der Waals surface area contributed by atoms with Crippen LogP contribution in [0.1, 0.15) is 102 Å². The van der Waals surface area contributed by atoms with Gasteiger partial charge in [-0.05, 0) is 36.6 Å². The van der Waals surface area contributed by atoms with E-state index >= 15 is 0 Å². The van der Waals surface area contributed by atoms with Crippen molar-refractivity contribution in [3.05, 3.63) is 35.9 Å². The summed E-state index contributed by atoms with van der Waals surface area (Å²) in [6, 6.07) is 7.59. The van der Waals surface area contributed by atoms with E-state index in [0.29, 0.717) is 6.61 Å². The Hall–Kier alpha value is -1.33. The zero-order valence-corrected chi connectivity index (χ0v) is 24.6. The molecule has 4 nitrogen and oxygen atoms in total. The number of esters is 1. The second-order valence-electron chi connectivity index (χ2n) is 10.3. The molecule has 0 radical (unpaired) electrons. The molecule has 0 N–H and O–H groups in total. The molecule has 1 aromatic carbocycles. The Bertz CT molecular complexity index is 658. The monoisotopic (exact) mass is 553 g/mol. The smallest absolute Gasteiger partial charge is 0.330 e. The SMILES string of the molecule is CCCCCCCCCCCCCCCC[N+](C)(C)CCOC(=O)C=Cc1ccc(OC)cc1.[Br-]. The zero-order chi connectivity index (χ0) is 24.9. The lowest BCUT2D eigenvalue weighted by Gasteiger charge is -2.29. The first kappa shape index (κ1) is 33.7. The summed E-state index contributed by atoms with van der Waals surface area (Å²) in [7, 11) is 6.09. The van der Waals surface area contributed by atoms with Gasteiger partial charge in [-0.3, -0.25) is 0 Å². The van der Waals surface area contributed by atoms with E-state index in [1.165, 1.54) is 96.0 Å². The van der Waals surface area contributed by atoms with E-state index in [1.54, 1.807) is 13.2 Å². The molecule has 0 saturated heterocycles. The molecule has 0 aliphatic carbocycles. The number of carbonyl (C=O) groups is 1. The van der Waals surface area contributed by atoms with Gasteiger partial charge in [0.05, 0.1) is 27.7 Å². The number of nitrogens with zero attached hydrogens (tertiary/aromatic N) is 1. The van der Waals surface area contributed by atoms with Crippen LogP contribution in [0.5, 0.6) is 5.75 Å². The highest BCUT2D eigenvalue weighted by atomic mass is 79.9. The Labute approximate surface area is 226 Å². The van der Waals surface area contributed by atoms with Gasteiger partial charge in [0.15, 0.2) is 0 Å². The average molecular weight is 555 g/mol. The molecule has 35 heavy (non-hydrogen) atoms. The highest BCUT2D eigenvalue weighted by Gasteiger charge is 2.15. The number of quaternary nitrogens is 1. The van der Waals surface area contributed by atoms with Gasteiger partial charge in [-0.2, -0.15) is 0 Å². The van der Waals surface area contributed by atoms with Gasteiger partial charge in [-0.15, -0.1) is 0 Å². The predicted octanol–water partition coefficient (Wildman–Crippen LogP) is 4.81. The molecular weight excluding hydrogens is 502 g/mol. The van der Waals surface area contributed by atoms with Gasteiger partial charge in [-0.25, -0.2) is 4.79 Å². The minimum Gasteiger partial charge on any atom is -1.00 e. The molecule has 0 saturated carbocycles. The van der Waals surface area contributed by atoms with Gasteiger partial charge in [0.2, 0.25) is 0 Å². The van der Waals surface area contributed by atoms with Crippen molar-refractivity contribution in [2.75, 3.05) is 40.9 Å². The topological polar surface area (TPSA) is 35.5 Å². The summed E-state index contributed by atoms with van der Waals surface area (Å²) < 4.78 is 11.4. The van der Waals surface area contributed by atoms with Crippen molar-refractivity contribution >= 4 is 12.0 Å². The summed E-state index contributed by atoms with van der Waals surface area (Å²) in [6.07, 6.45) is 22.7. The minimum absolute atomic E-state index is 0. The second kappa shape index (κ2) is 21.9. The van der Waals surface area contributed by atoms with Gasteiger partial charge in [-0.1, -0.05) is 96.1 Å². The lowest BCUT2D eigenvalue weighted by atomic mass is 10.0. The van der Waals surface area contributed by atoms with E-state index in [2.05, 4.69) is 21.0 Å². The molecule has 5 heteroatoms. The molecule has 202 valence electrons.